The highest BCUT2D eigenvalue weighted by molar-refractivity contribution is 5.60. The van der Waals surface area contributed by atoms with Crippen LogP contribution in [-0.2, 0) is 4.74 Å². The molecule has 1 heterocycles. The molecule has 1 aromatic heterocycles. The Morgan fingerprint density at radius 1 is 1.37 bits per heavy atom. The summed E-state index contributed by atoms with van der Waals surface area (Å²) in [5.41, 5.74) is 7.48. The lowest BCUT2D eigenvalue weighted by molar-refractivity contribution is 0.105. The van der Waals surface area contributed by atoms with E-state index in [1.54, 1.807) is 7.11 Å². The molecular formula is C13H17N5O. The molecule has 2 atom stereocenters. The highest BCUT2D eigenvalue weighted by Crippen LogP contribution is 2.33. The largest absolute Gasteiger partial charge is 0.399 e. The normalized spacial score (nSPS) is 22.8. The van der Waals surface area contributed by atoms with Crippen LogP contribution in [0.4, 0.5) is 5.69 Å². The summed E-state index contributed by atoms with van der Waals surface area (Å²) >= 11 is 0. The van der Waals surface area contributed by atoms with Crippen LogP contribution in [0, 0.1) is 0 Å². The molecule has 1 aromatic carbocycles. The van der Waals surface area contributed by atoms with E-state index in [0.29, 0.717) is 17.8 Å². The molecule has 100 valence electrons. The van der Waals surface area contributed by atoms with Crippen molar-refractivity contribution in [3.05, 3.63) is 24.3 Å². The van der Waals surface area contributed by atoms with Crippen LogP contribution >= 0.6 is 0 Å². The number of aromatic nitrogens is 4. The van der Waals surface area contributed by atoms with Gasteiger partial charge in [-0.3, -0.25) is 0 Å². The van der Waals surface area contributed by atoms with Crippen LogP contribution in [0.15, 0.2) is 24.3 Å². The van der Waals surface area contributed by atoms with Crippen LogP contribution < -0.4 is 5.73 Å². The summed E-state index contributed by atoms with van der Waals surface area (Å²) in [4.78, 5) is 0. The number of rotatable bonds is 3. The number of anilines is 1. The minimum absolute atomic E-state index is 0.302. The van der Waals surface area contributed by atoms with Crippen molar-refractivity contribution in [2.45, 2.75) is 31.4 Å². The molecule has 1 saturated carbocycles. The lowest BCUT2D eigenvalue weighted by atomic mass is 10.1. The first-order valence-corrected chi connectivity index (χ1v) is 6.44. The number of nitrogens with zero attached hydrogens (tertiary/aromatic N) is 4. The summed E-state index contributed by atoms with van der Waals surface area (Å²) in [5, 5.41) is 12.1. The summed E-state index contributed by atoms with van der Waals surface area (Å²) in [7, 11) is 1.76. The zero-order valence-corrected chi connectivity index (χ0v) is 10.9. The molecule has 1 aliphatic carbocycles. The molecule has 0 saturated heterocycles. The lowest BCUT2D eigenvalue weighted by Crippen LogP contribution is -2.11. The fraction of sp³-hybridized carbons (Fsp3) is 0.462. The molecule has 2 N–H and O–H groups in total. The molecule has 0 radical (unpaired) electrons. The van der Waals surface area contributed by atoms with Crippen molar-refractivity contribution in [1.29, 1.82) is 0 Å². The highest BCUT2D eigenvalue weighted by Gasteiger charge is 2.28. The smallest absolute Gasteiger partial charge is 0.182 e. The zero-order valence-electron chi connectivity index (χ0n) is 10.9. The molecular weight excluding hydrogens is 242 g/mol. The molecule has 0 aliphatic heterocycles. The van der Waals surface area contributed by atoms with Crippen LogP contribution in [0.2, 0.25) is 0 Å². The van der Waals surface area contributed by atoms with Gasteiger partial charge in [-0.25, -0.2) is 4.68 Å². The summed E-state index contributed by atoms with van der Waals surface area (Å²) in [5.74, 6) is 0.772. The van der Waals surface area contributed by atoms with Crippen LogP contribution in [-0.4, -0.2) is 33.4 Å². The number of tetrazole rings is 1. The monoisotopic (exact) mass is 259 g/mol. The van der Waals surface area contributed by atoms with Crippen molar-refractivity contribution in [2.24, 2.45) is 0 Å². The second kappa shape index (κ2) is 4.97. The minimum Gasteiger partial charge on any atom is -0.399 e. The second-order valence-electron chi connectivity index (χ2n) is 4.90. The van der Waals surface area contributed by atoms with E-state index < -0.39 is 0 Å². The van der Waals surface area contributed by atoms with Crippen LogP contribution in [0.3, 0.4) is 0 Å². The molecule has 0 spiro atoms. The number of nitrogen functional groups attached to an aromatic ring is 1. The Morgan fingerprint density at radius 2 is 2.26 bits per heavy atom. The Kier molecular flexibility index (Phi) is 3.16. The van der Waals surface area contributed by atoms with Crippen molar-refractivity contribution in [3.63, 3.8) is 0 Å². The fourth-order valence-electron chi connectivity index (χ4n) is 2.66. The first-order valence-electron chi connectivity index (χ1n) is 6.44. The number of ether oxygens (including phenoxy) is 1. The van der Waals surface area contributed by atoms with Gasteiger partial charge in [0.25, 0.3) is 0 Å². The first-order chi connectivity index (χ1) is 9.28. The number of methoxy groups -OCH3 is 1. The maximum Gasteiger partial charge on any atom is 0.182 e. The molecule has 1 fully saturated rings. The molecule has 6 heteroatoms. The van der Waals surface area contributed by atoms with E-state index in [1.807, 2.05) is 28.9 Å². The van der Waals surface area contributed by atoms with Gasteiger partial charge >= 0.3 is 0 Å². The Balaban J connectivity index is 1.91. The number of hydrogen-bond donors (Lipinski definition) is 1. The quantitative estimate of drug-likeness (QED) is 0.848. The Labute approximate surface area is 111 Å². The van der Waals surface area contributed by atoms with Gasteiger partial charge in [0.05, 0.1) is 12.1 Å². The molecule has 1 aliphatic rings. The number of nitrogens with two attached hydrogens (primary N) is 1. The van der Waals surface area contributed by atoms with Gasteiger partial charge in [0.1, 0.15) is 0 Å². The van der Waals surface area contributed by atoms with E-state index in [4.69, 9.17) is 10.5 Å². The predicted molar refractivity (Wildman–Crippen MR) is 71.4 cm³/mol. The van der Waals surface area contributed by atoms with Crippen LogP contribution in [0.5, 0.6) is 0 Å². The standard InChI is InChI=1S/C13H17N5O/c1-19-12-6-5-11(8-12)18-13(15-16-17-18)9-3-2-4-10(14)7-9/h2-4,7,11-12H,5-6,8,14H2,1H3. The average Bonchev–Trinajstić information content (AvgIpc) is 3.07. The molecule has 3 rings (SSSR count). The van der Waals surface area contributed by atoms with Gasteiger partial charge in [-0.05, 0) is 41.8 Å². The zero-order chi connectivity index (χ0) is 13.2. The summed E-state index contributed by atoms with van der Waals surface area (Å²) in [6, 6.07) is 7.94. The second-order valence-corrected chi connectivity index (χ2v) is 4.90. The van der Waals surface area contributed by atoms with E-state index >= 15 is 0 Å². The van der Waals surface area contributed by atoms with E-state index in [-0.39, 0.29) is 0 Å². The minimum atomic E-state index is 0.302. The third kappa shape index (κ3) is 2.31. The Morgan fingerprint density at radius 3 is 3.00 bits per heavy atom. The Bertz CT molecular complexity index is 568. The van der Waals surface area contributed by atoms with Crippen molar-refractivity contribution in [3.8, 4) is 11.4 Å². The maximum absolute atomic E-state index is 5.81. The molecule has 2 unspecified atom stereocenters. The van der Waals surface area contributed by atoms with E-state index in [9.17, 15) is 0 Å². The fourth-order valence-corrected chi connectivity index (χ4v) is 2.66. The van der Waals surface area contributed by atoms with Gasteiger partial charge in [0, 0.05) is 18.4 Å². The van der Waals surface area contributed by atoms with Gasteiger partial charge in [-0.1, -0.05) is 12.1 Å². The maximum atomic E-state index is 5.81. The first kappa shape index (κ1) is 12.1. The molecule has 0 amide bonds. The van der Waals surface area contributed by atoms with Gasteiger partial charge < -0.3 is 10.5 Å². The molecule has 0 bridgehead atoms. The summed E-state index contributed by atoms with van der Waals surface area (Å²) in [6.07, 6.45) is 3.36. The van der Waals surface area contributed by atoms with Gasteiger partial charge in [0.15, 0.2) is 5.82 Å². The SMILES string of the molecule is COC1CCC(n2nnnc2-c2cccc(N)c2)C1. The van der Waals surface area contributed by atoms with Crippen LogP contribution in [0.1, 0.15) is 25.3 Å². The van der Waals surface area contributed by atoms with E-state index in [1.165, 1.54) is 0 Å². The van der Waals surface area contributed by atoms with Crippen molar-refractivity contribution in [1.82, 2.24) is 20.2 Å². The predicted octanol–water partition coefficient (Wildman–Crippen LogP) is 1.66. The van der Waals surface area contributed by atoms with Gasteiger partial charge in [-0.15, -0.1) is 5.10 Å². The van der Waals surface area contributed by atoms with Gasteiger partial charge in [0.2, 0.25) is 0 Å². The van der Waals surface area contributed by atoms with E-state index in [0.717, 1.165) is 30.7 Å². The van der Waals surface area contributed by atoms with Crippen molar-refractivity contribution in [2.75, 3.05) is 12.8 Å². The Hall–Kier alpha value is -1.95. The molecule has 2 aromatic rings. The van der Waals surface area contributed by atoms with Crippen molar-refractivity contribution < 1.29 is 4.74 Å². The van der Waals surface area contributed by atoms with Crippen molar-refractivity contribution >= 4 is 5.69 Å². The lowest BCUT2D eigenvalue weighted by Gasteiger charge is -2.12. The van der Waals surface area contributed by atoms with E-state index in [2.05, 4.69) is 15.5 Å². The third-order valence-electron chi connectivity index (χ3n) is 3.67. The molecule has 19 heavy (non-hydrogen) atoms. The van der Waals surface area contributed by atoms with Crippen LogP contribution in [0.25, 0.3) is 11.4 Å². The third-order valence-corrected chi connectivity index (χ3v) is 3.67. The summed E-state index contributed by atoms with van der Waals surface area (Å²) in [6.45, 7) is 0. The number of benzene rings is 1. The highest BCUT2D eigenvalue weighted by atomic mass is 16.5. The topological polar surface area (TPSA) is 78.8 Å². The molecule has 6 nitrogen and oxygen atoms in total. The van der Waals surface area contributed by atoms with Gasteiger partial charge in [-0.2, -0.15) is 0 Å². The summed E-state index contributed by atoms with van der Waals surface area (Å²) < 4.78 is 7.30. The average molecular weight is 259 g/mol. The number of hydrogen-bond acceptors (Lipinski definition) is 5.